The summed E-state index contributed by atoms with van der Waals surface area (Å²) in [4.78, 5) is 14.2. The molecule has 1 rings (SSSR count). The second-order valence-electron chi connectivity index (χ2n) is 5.20. The molecule has 0 aromatic carbocycles. The number of aliphatic hydroxyl groups is 1. The minimum Gasteiger partial charge on any atom is -0.388 e. The fourth-order valence-corrected chi connectivity index (χ4v) is 1.68. The van der Waals surface area contributed by atoms with Gasteiger partial charge in [-0.25, -0.2) is 0 Å². The third-order valence-electron chi connectivity index (χ3n) is 3.81. The molecule has 0 saturated carbocycles. The van der Waals surface area contributed by atoms with E-state index in [1.807, 2.05) is 14.0 Å². The SMILES string of the molecule is CCN(C)C(C)(C)C(C)NC(=O)c1cc(CO)on1. The van der Waals surface area contributed by atoms with Gasteiger partial charge in [0.05, 0.1) is 0 Å². The molecule has 6 heteroatoms. The standard InChI is InChI=1S/C13H23N3O3/c1-6-16(5)13(3,4)9(2)14-12(18)11-7-10(8-17)19-15-11/h7,9,17H,6,8H2,1-5H3,(H,14,18). The molecule has 0 aliphatic heterocycles. The summed E-state index contributed by atoms with van der Waals surface area (Å²) in [6.45, 7) is 8.80. The molecule has 6 nitrogen and oxygen atoms in total. The predicted octanol–water partition coefficient (Wildman–Crippen LogP) is 1.02. The molecule has 0 spiro atoms. The number of aliphatic hydroxyl groups excluding tert-OH is 1. The minimum absolute atomic E-state index is 0.0563. The van der Waals surface area contributed by atoms with Crippen LogP contribution in [0.1, 0.15) is 43.9 Å². The number of carbonyl (C=O) groups is 1. The van der Waals surface area contributed by atoms with Gasteiger partial charge in [-0.2, -0.15) is 0 Å². The number of aromatic nitrogens is 1. The predicted molar refractivity (Wildman–Crippen MR) is 71.7 cm³/mol. The highest BCUT2D eigenvalue weighted by Gasteiger charge is 2.31. The highest BCUT2D eigenvalue weighted by molar-refractivity contribution is 5.92. The van der Waals surface area contributed by atoms with Crippen molar-refractivity contribution >= 4 is 5.91 Å². The summed E-state index contributed by atoms with van der Waals surface area (Å²) in [5.74, 6) is -0.0173. The van der Waals surface area contributed by atoms with Gasteiger partial charge in [0.25, 0.3) is 5.91 Å². The Kier molecular flexibility index (Phi) is 5.08. The summed E-state index contributed by atoms with van der Waals surface area (Å²) in [7, 11) is 2.02. The fraction of sp³-hybridized carbons (Fsp3) is 0.692. The van der Waals surface area contributed by atoms with Crippen LogP contribution in [0.25, 0.3) is 0 Å². The van der Waals surface area contributed by atoms with Crippen molar-refractivity contribution < 1.29 is 14.4 Å². The molecule has 0 aliphatic rings. The average Bonchev–Trinajstić information content (AvgIpc) is 2.86. The second kappa shape index (κ2) is 6.16. The Bertz CT molecular complexity index is 429. The van der Waals surface area contributed by atoms with Crippen molar-refractivity contribution in [2.75, 3.05) is 13.6 Å². The number of carbonyl (C=O) groups excluding carboxylic acids is 1. The van der Waals surface area contributed by atoms with Crippen molar-refractivity contribution in [1.82, 2.24) is 15.4 Å². The van der Waals surface area contributed by atoms with E-state index in [9.17, 15) is 4.79 Å². The molecule has 1 atom stereocenters. The number of amides is 1. The number of rotatable bonds is 6. The lowest BCUT2D eigenvalue weighted by molar-refractivity contribution is 0.0818. The van der Waals surface area contributed by atoms with Crippen LogP contribution in [-0.2, 0) is 6.61 Å². The van der Waals surface area contributed by atoms with E-state index in [2.05, 4.69) is 36.1 Å². The molecule has 0 saturated heterocycles. The monoisotopic (exact) mass is 269 g/mol. The lowest BCUT2D eigenvalue weighted by Crippen LogP contribution is -2.56. The van der Waals surface area contributed by atoms with Gasteiger partial charge in [0.15, 0.2) is 11.5 Å². The Balaban J connectivity index is 2.71. The van der Waals surface area contributed by atoms with E-state index < -0.39 is 0 Å². The van der Waals surface area contributed by atoms with Gasteiger partial charge >= 0.3 is 0 Å². The van der Waals surface area contributed by atoms with E-state index >= 15 is 0 Å². The van der Waals surface area contributed by atoms with E-state index in [0.29, 0.717) is 0 Å². The lowest BCUT2D eigenvalue weighted by Gasteiger charge is -2.40. The average molecular weight is 269 g/mol. The van der Waals surface area contributed by atoms with Crippen LogP contribution in [0.4, 0.5) is 0 Å². The van der Waals surface area contributed by atoms with E-state index in [-0.39, 0.29) is 35.5 Å². The van der Waals surface area contributed by atoms with Gasteiger partial charge in [0.2, 0.25) is 0 Å². The normalized spacial score (nSPS) is 13.6. The molecule has 0 fully saturated rings. The molecule has 1 aromatic rings. The zero-order valence-corrected chi connectivity index (χ0v) is 12.2. The molecule has 0 aliphatic carbocycles. The van der Waals surface area contributed by atoms with Crippen molar-refractivity contribution in [3.63, 3.8) is 0 Å². The summed E-state index contributed by atoms with van der Waals surface area (Å²) in [5, 5.41) is 15.4. The molecule has 1 heterocycles. The van der Waals surface area contributed by atoms with E-state index in [1.54, 1.807) is 0 Å². The first-order chi connectivity index (χ1) is 8.82. The summed E-state index contributed by atoms with van der Waals surface area (Å²) < 4.78 is 4.80. The van der Waals surface area contributed by atoms with Crippen LogP contribution >= 0.6 is 0 Å². The lowest BCUT2D eigenvalue weighted by atomic mass is 9.94. The Labute approximate surface area is 113 Å². The highest BCUT2D eigenvalue weighted by atomic mass is 16.5. The topological polar surface area (TPSA) is 78.6 Å². The smallest absolute Gasteiger partial charge is 0.273 e. The van der Waals surface area contributed by atoms with E-state index in [1.165, 1.54) is 6.07 Å². The van der Waals surface area contributed by atoms with Crippen LogP contribution in [0.15, 0.2) is 10.6 Å². The van der Waals surface area contributed by atoms with Crippen molar-refractivity contribution in [2.45, 2.75) is 45.9 Å². The molecule has 0 bridgehead atoms. The molecular weight excluding hydrogens is 246 g/mol. The maximum atomic E-state index is 12.0. The largest absolute Gasteiger partial charge is 0.388 e. The second-order valence-corrected chi connectivity index (χ2v) is 5.20. The maximum absolute atomic E-state index is 12.0. The third kappa shape index (κ3) is 3.54. The van der Waals surface area contributed by atoms with Gasteiger partial charge in [-0.15, -0.1) is 0 Å². The number of nitrogens with zero attached hydrogens (tertiary/aromatic N) is 2. The minimum atomic E-state index is -0.298. The van der Waals surface area contributed by atoms with Crippen molar-refractivity contribution in [1.29, 1.82) is 0 Å². The van der Waals surface area contributed by atoms with Gasteiger partial charge in [-0.05, 0) is 34.4 Å². The van der Waals surface area contributed by atoms with Gasteiger partial charge < -0.3 is 14.9 Å². The summed E-state index contributed by atoms with van der Waals surface area (Å²) in [6.07, 6.45) is 0. The molecular formula is C13H23N3O3. The van der Waals surface area contributed by atoms with Crippen LogP contribution in [0, 0.1) is 0 Å². The van der Waals surface area contributed by atoms with Crippen LogP contribution in [0.3, 0.4) is 0 Å². The van der Waals surface area contributed by atoms with Crippen LogP contribution in [0.2, 0.25) is 0 Å². The van der Waals surface area contributed by atoms with Crippen molar-refractivity contribution in [2.24, 2.45) is 0 Å². The van der Waals surface area contributed by atoms with Crippen LogP contribution in [0.5, 0.6) is 0 Å². The number of nitrogens with one attached hydrogen (secondary N) is 1. The first-order valence-electron chi connectivity index (χ1n) is 6.41. The van der Waals surface area contributed by atoms with Crippen LogP contribution in [-0.4, -0.2) is 46.2 Å². The zero-order chi connectivity index (χ0) is 14.6. The van der Waals surface area contributed by atoms with E-state index in [4.69, 9.17) is 9.63 Å². The number of hydrogen-bond donors (Lipinski definition) is 2. The Morgan fingerprint density at radius 2 is 2.26 bits per heavy atom. The Morgan fingerprint density at radius 1 is 1.63 bits per heavy atom. The molecule has 1 amide bonds. The zero-order valence-electron chi connectivity index (χ0n) is 12.2. The quantitative estimate of drug-likeness (QED) is 0.806. The van der Waals surface area contributed by atoms with Gasteiger partial charge in [0, 0.05) is 17.6 Å². The van der Waals surface area contributed by atoms with Gasteiger partial charge in [-0.1, -0.05) is 12.1 Å². The van der Waals surface area contributed by atoms with Crippen molar-refractivity contribution in [3.05, 3.63) is 17.5 Å². The molecule has 1 unspecified atom stereocenters. The maximum Gasteiger partial charge on any atom is 0.273 e. The summed E-state index contributed by atoms with van der Waals surface area (Å²) in [5.41, 5.74) is 0.0133. The number of likely N-dealkylation sites (N-methyl/N-ethyl adjacent to an activating group) is 1. The molecule has 0 radical (unpaired) electrons. The Hall–Kier alpha value is -1.40. The van der Waals surface area contributed by atoms with Crippen molar-refractivity contribution in [3.8, 4) is 0 Å². The molecule has 1 aromatic heterocycles. The van der Waals surface area contributed by atoms with Crippen LogP contribution < -0.4 is 5.32 Å². The Morgan fingerprint density at radius 3 is 2.74 bits per heavy atom. The first kappa shape index (κ1) is 15.7. The highest BCUT2D eigenvalue weighted by Crippen LogP contribution is 2.17. The summed E-state index contributed by atoms with van der Waals surface area (Å²) in [6, 6.07) is 1.39. The van der Waals surface area contributed by atoms with E-state index in [0.717, 1.165) is 6.54 Å². The third-order valence-corrected chi connectivity index (χ3v) is 3.81. The van der Waals surface area contributed by atoms with Gasteiger partial charge in [-0.3, -0.25) is 9.69 Å². The molecule has 19 heavy (non-hydrogen) atoms. The molecule has 2 N–H and O–H groups in total. The summed E-state index contributed by atoms with van der Waals surface area (Å²) >= 11 is 0. The van der Waals surface area contributed by atoms with Gasteiger partial charge in [0.1, 0.15) is 6.61 Å². The first-order valence-corrected chi connectivity index (χ1v) is 6.41. The fourth-order valence-electron chi connectivity index (χ4n) is 1.68. The molecule has 108 valence electrons. The number of hydrogen-bond acceptors (Lipinski definition) is 5.